The van der Waals surface area contributed by atoms with Crippen molar-refractivity contribution in [2.45, 2.75) is 19.3 Å². The molecule has 0 amide bonds. The van der Waals surface area contributed by atoms with Gasteiger partial charge >= 0.3 is 5.97 Å². The molecule has 0 spiro atoms. The number of nitrogens with two attached hydrogens (primary N) is 1. The van der Waals surface area contributed by atoms with Gasteiger partial charge in [0.25, 0.3) is 0 Å². The number of hydrogen-bond acceptors (Lipinski definition) is 3. The van der Waals surface area contributed by atoms with E-state index in [9.17, 15) is 4.79 Å². The zero-order valence-corrected chi connectivity index (χ0v) is 12.6. The van der Waals surface area contributed by atoms with Crippen LogP contribution >= 0.6 is 0 Å². The van der Waals surface area contributed by atoms with E-state index in [0.29, 0.717) is 17.9 Å². The lowest BCUT2D eigenvalue weighted by Gasteiger charge is -2.28. The number of rotatable bonds is 3. The first-order chi connectivity index (χ1) is 10.7. The smallest absolute Gasteiger partial charge is 0.336 e. The summed E-state index contributed by atoms with van der Waals surface area (Å²) in [5.41, 5.74) is 10.6. The molecule has 3 heteroatoms. The molecule has 3 rings (SSSR count). The Balaban J connectivity index is 2.14. The maximum Gasteiger partial charge on any atom is 0.336 e. The molecule has 0 aliphatic heterocycles. The number of fused-ring (bicyclic) bond motifs is 1. The van der Waals surface area contributed by atoms with Crippen LogP contribution in [0.2, 0.25) is 0 Å². The minimum absolute atomic E-state index is 0.0600. The molecule has 1 aliphatic carbocycles. The first-order valence-electron chi connectivity index (χ1n) is 7.52. The Bertz CT molecular complexity index is 719. The predicted molar refractivity (Wildman–Crippen MR) is 87.1 cm³/mol. The lowest BCUT2D eigenvalue weighted by Crippen LogP contribution is -2.25. The van der Waals surface area contributed by atoms with Crippen molar-refractivity contribution in [2.75, 3.05) is 6.61 Å². The molecule has 2 N–H and O–H groups in total. The van der Waals surface area contributed by atoms with Crippen molar-refractivity contribution in [1.29, 1.82) is 0 Å². The number of carbonyl (C=O) groups is 1. The van der Waals surface area contributed by atoms with E-state index in [1.54, 1.807) is 0 Å². The van der Waals surface area contributed by atoms with Crippen LogP contribution in [0, 0.1) is 0 Å². The molecule has 0 bridgehead atoms. The maximum absolute atomic E-state index is 12.4. The summed E-state index contributed by atoms with van der Waals surface area (Å²) in [7, 11) is 0. The lowest BCUT2D eigenvalue weighted by atomic mass is 9.78. The van der Waals surface area contributed by atoms with Gasteiger partial charge < -0.3 is 10.5 Å². The molecule has 0 heterocycles. The standard InChI is InChI=1S/C19H19NO2/c1-2-22-19(21)17-16(13-8-4-3-5-9-13)12-14-10-6-7-11-15(14)18(17)20/h3-11,16H,2,12,20H2,1H3. The van der Waals surface area contributed by atoms with Crippen molar-refractivity contribution in [1.82, 2.24) is 0 Å². The topological polar surface area (TPSA) is 52.3 Å². The van der Waals surface area contributed by atoms with Crippen LogP contribution in [-0.2, 0) is 16.0 Å². The van der Waals surface area contributed by atoms with Crippen molar-refractivity contribution < 1.29 is 9.53 Å². The quantitative estimate of drug-likeness (QED) is 0.884. The second-order valence-electron chi connectivity index (χ2n) is 5.37. The molecule has 2 aromatic rings. The fourth-order valence-corrected chi connectivity index (χ4v) is 3.05. The highest BCUT2D eigenvalue weighted by atomic mass is 16.5. The first kappa shape index (κ1) is 14.4. The van der Waals surface area contributed by atoms with Crippen LogP contribution in [0.15, 0.2) is 60.2 Å². The maximum atomic E-state index is 12.4. The van der Waals surface area contributed by atoms with Gasteiger partial charge in [0.05, 0.1) is 17.9 Å². The van der Waals surface area contributed by atoms with Gasteiger partial charge in [-0.2, -0.15) is 0 Å². The molecule has 3 nitrogen and oxygen atoms in total. The molecule has 0 fully saturated rings. The molecule has 1 aliphatic rings. The highest BCUT2D eigenvalue weighted by molar-refractivity contribution is 6.00. The van der Waals surface area contributed by atoms with E-state index in [1.807, 2.05) is 55.5 Å². The van der Waals surface area contributed by atoms with E-state index >= 15 is 0 Å². The zero-order valence-electron chi connectivity index (χ0n) is 12.6. The number of esters is 1. The summed E-state index contributed by atoms with van der Waals surface area (Å²) >= 11 is 0. The molecule has 0 saturated carbocycles. The van der Waals surface area contributed by atoms with Crippen LogP contribution < -0.4 is 5.73 Å². The van der Waals surface area contributed by atoms with Crippen molar-refractivity contribution in [3.05, 3.63) is 76.9 Å². The highest BCUT2D eigenvalue weighted by Crippen LogP contribution is 2.38. The third kappa shape index (κ3) is 2.50. The van der Waals surface area contributed by atoms with Crippen LogP contribution in [-0.4, -0.2) is 12.6 Å². The molecule has 1 atom stereocenters. The van der Waals surface area contributed by atoms with Gasteiger partial charge in [0.15, 0.2) is 0 Å². The van der Waals surface area contributed by atoms with E-state index in [1.165, 1.54) is 5.56 Å². The SMILES string of the molecule is CCOC(=O)C1=C(N)c2ccccc2CC1c1ccccc1. The molecule has 2 aromatic carbocycles. The average Bonchev–Trinajstić information content (AvgIpc) is 2.55. The molecule has 1 unspecified atom stereocenters. The van der Waals surface area contributed by atoms with Gasteiger partial charge in [-0.3, -0.25) is 0 Å². The third-order valence-corrected chi connectivity index (χ3v) is 4.07. The Labute approximate surface area is 130 Å². The van der Waals surface area contributed by atoms with Gasteiger partial charge in [-0.05, 0) is 24.5 Å². The van der Waals surface area contributed by atoms with E-state index in [-0.39, 0.29) is 11.9 Å². The van der Waals surface area contributed by atoms with Crippen LogP contribution in [0.4, 0.5) is 0 Å². The Morgan fingerprint density at radius 2 is 1.82 bits per heavy atom. The van der Waals surface area contributed by atoms with Crippen LogP contribution in [0.25, 0.3) is 5.70 Å². The fraction of sp³-hybridized carbons (Fsp3) is 0.211. The van der Waals surface area contributed by atoms with E-state index in [0.717, 1.165) is 17.5 Å². The predicted octanol–water partition coefficient (Wildman–Crippen LogP) is 3.26. The minimum Gasteiger partial charge on any atom is -0.463 e. The van der Waals surface area contributed by atoms with E-state index < -0.39 is 0 Å². The summed E-state index contributed by atoms with van der Waals surface area (Å²) in [5.74, 6) is -0.376. The van der Waals surface area contributed by atoms with Gasteiger partial charge in [-0.25, -0.2) is 4.79 Å². The number of ether oxygens (including phenoxy) is 1. The van der Waals surface area contributed by atoms with Crippen molar-refractivity contribution in [3.63, 3.8) is 0 Å². The zero-order chi connectivity index (χ0) is 15.5. The van der Waals surface area contributed by atoms with Gasteiger partial charge in [0, 0.05) is 11.5 Å². The van der Waals surface area contributed by atoms with Crippen LogP contribution in [0.5, 0.6) is 0 Å². The molecule has 0 aromatic heterocycles. The molecular formula is C19H19NO2. The normalized spacial score (nSPS) is 17.0. The Morgan fingerprint density at radius 1 is 1.14 bits per heavy atom. The third-order valence-electron chi connectivity index (χ3n) is 4.07. The van der Waals surface area contributed by atoms with Crippen LogP contribution in [0.1, 0.15) is 29.5 Å². The fourth-order valence-electron chi connectivity index (χ4n) is 3.05. The lowest BCUT2D eigenvalue weighted by molar-refractivity contribution is -0.138. The highest BCUT2D eigenvalue weighted by Gasteiger charge is 2.32. The Morgan fingerprint density at radius 3 is 2.55 bits per heavy atom. The molecular weight excluding hydrogens is 274 g/mol. The molecule has 112 valence electrons. The van der Waals surface area contributed by atoms with Gasteiger partial charge in [-0.1, -0.05) is 54.6 Å². The monoisotopic (exact) mass is 293 g/mol. The summed E-state index contributed by atoms with van der Waals surface area (Å²) < 4.78 is 5.24. The molecule has 0 radical (unpaired) electrons. The van der Waals surface area contributed by atoms with Gasteiger partial charge in [-0.15, -0.1) is 0 Å². The van der Waals surface area contributed by atoms with Gasteiger partial charge in [0.1, 0.15) is 0 Å². The van der Waals surface area contributed by atoms with Crippen molar-refractivity contribution in [3.8, 4) is 0 Å². The summed E-state index contributed by atoms with van der Waals surface area (Å²) in [6.45, 7) is 2.15. The first-order valence-corrected chi connectivity index (χ1v) is 7.52. The van der Waals surface area contributed by atoms with Crippen LogP contribution in [0.3, 0.4) is 0 Å². The summed E-state index contributed by atoms with van der Waals surface area (Å²) in [6, 6.07) is 18.0. The second-order valence-corrected chi connectivity index (χ2v) is 5.37. The Hall–Kier alpha value is -2.55. The van der Waals surface area contributed by atoms with Crippen molar-refractivity contribution in [2.24, 2.45) is 5.73 Å². The van der Waals surface area contributed by atoms with E-state index in [4.69, 9.17) is 10.5 Å². The van der Waals surface area contributed by atoms with E-state index in [2.05, 4.69) is 6.07 Å². The Kier molecular flexibility index (Phi) is 3.96. The summed E-state index contributed by atoms with van der Waals surface area (Å²) in [4.78, 5) is 12.4. The number of benzene rings is 2. The molecule has 0 saturated heterocycles. The average molecular weight is 293 g/mol. The molecule has 22 heavy (non-hydrogen) atoms. The van der Waals surface area contributed by atoms with Crippen molar-refractivity contribution >= 4 is 11.7 Å². The number of hydrogen-bond donors (Lipinski definition) is 1. The largest absolute Gasteiger partial charge is 0.463 e. The summed E-state index contributed by atoms with van der Waals surface area (Å²) in [6.07, 6.45) is 0.759. The minimum atomic E-state index is -0.316. The number of carbonyl (C=O) groups excluding carboxylic acids is 1. The summed E-state index contributed by atoms with van der Waals surface area (Å²) in [5, 5.41) is 0. The van der Waals surface area contributed by atoms with Gasteiger partial charge in [0.2, 0.25) is 0 Å². The second kappa shape index (κ2) is 6.06.